The lowest BCUT2D eigenvalue weighted by atomic mass is 10.2. The Kier molecular flexibility index (Phi) is 3.38. The van der Waals surface area contributed by atoms with Crippen LogP contribution in [0.2, 0.25) is 5.02 Å². The van der Waals surface area contributed by atoms with Crippen molar-refractivity contribution in [3.8, 4) is 0 Å². The van der Waals surface area contributed by atoms with Crippen LogP contribution >= 0.6 is 11.6 Å². The number of halogens is 2. The van der Waals surface area contributed by atoms with Crippen molar-refractivity contribution >= 4 is 23.7 Å². The van der Waals surface area contributed by atoms with Crippen molar-refractivity contribution < 1.29 is 23.8 Å². The fourth-order valence-electron chi connectivity index (χ4n) is 1.66. The third-order valence-corrected chi connectivity index (χ3v) is 2.89. The van der Waals surface area contributed by atoms with E-state index in [1.807, 2.05) is 0 Å². The molecule has 0 radical (unpaired) electrons. The summed E-state index contributed by atoms with van der Waals surface area (Å²) in [5, 5.41) is 8.84. The highest BCUT2D eigenvalue weighted by molar-refractivity contribution is 6.30. The number of hydrogen-bond donors (Lipinski definition) is 1. The molecule has 1 aliphatic heterocycles. The SMILES string of the molecule is O=C(O)C1COC(=O)N1Cc1ccc(F)c(Cl)c1. The molecule has 1 saturated heterocycles. The van der Waals surface area contributed by atoms with E-state index in [9.17, 15) is 14.0 Å². The number of carbonyl (C=O) groups is 2. The van der Waals surface area contributed by atoms with Gasteiger partial charge in [-0.3, -0.25) is 4.90 Å². The number of amides is 1. The Labute approximate surface area is 107 Å². The molecule has 0 saturated carbocycles. The normalized spacial score (nSPS) is 18.9. The van der Waals surface area contributed by atoms with Crippen LogP contribution in [-0.2, 0) is 16.1 Å². The van der Waals surface area contributed by atoms with Gasteiger partial charge in [0, 0.05) is 0 Å². The largest absolute Gasteiger partial charge is 0.480 e. The first-order chi connectivity index (χ1) is 8.49. The van der Waals surface area contributed by atoms with Crippen molar-refractivity contribution in [3.63, 3.8) is 0 Å². The number of nitrogens with zero attached hydrogens (tertiary/aromatic N) is 1. The fraction of sp³-hybridized carbons (Fsp3) is 0.273. The molecule has 1 N–H and O–H groups in total. The Hall–Kier alpha value is -1.82. The Morgan fingerprint density at radius 1 is 1.61 bits per heavy atom. The van der Waals surface area contributed by atoms with E-state index < -0.39 is 23.9 Å². The molecule has 1 heterocycles. The second-order valence-electron chi connectivity index (χ2n) is 3.81. The summed E-state index contributed by atoms with van der Waals surface area (Å²) in [6, 6.07) is 2.92. The van der Waals surface area contributed by atoms with Gasteiger partial charge < -0.3 is 9.84 Å². The number of cyclic esters (lactones) is 1. The maximum absolute atomic E-state index is 13.0. The predicted molar refractivity (Wildman–Crippen MR) is 59.7 cm³/mol. The van der Waals surface area contributed by atoms with Crippen molar-refractivity contribution in [1.82, 2.24) is 4.90 Å². The van der Waals surface area contributed by atoms with Gasteiger partial charge in [-0.1, -0.05) is 17.7 Å². The number of carboxylic acid groups (broad SMARTS) is 1. The van der Waals surface area contributed by atoms with Crippen molar-refractivity contribution in [1.29, 1.82) is 0 Å². The zero-order chi connectivity index (χ0) is 13.3. The molecule has 18 heavy (non-hydrogen) atoms. The molecule has 0 aliphatic carbocycles. The smallest absolute Gasteiger partial charge is 0.411 e. The molecule has 1 aromatic carbocycles. The lowest BCUT2D eigenvalue weighted by Crippen LogP contribution is -2.38. The van der Waals surface area contributed by atoms with Crippen LogP contribution < -0.4 is 0 Å². The van der Waals surface area contributed by atoms with Crippen molar-refractivity contribution in [3.05, 3.63) is 34.6 Å². The van der Waals surface area contributed by atoms with E-state index in [4.69, 9.17) is 16.7 Å². The van der Waals surface area contributed by atoms with Gasteiger partial charge in [0.1, 0.15) is 12.4 Å². The van der Waals surface area contributed by atoms with Gasteiger partial charge in [-0.2, -0.15) is 0 Å². The van der Waals surface area contributed by atoms with E-state index in [-0.39, 0.29) is 18.2 Å². The van der Waals surface area contributed by atoms with Crippen LogP contribution in [0.15, 0.2) is 18.2 Å². The van der Waals surface area contributed by atoms with Crippen molar-refractivity contribution in [2.75, 3.05) is 6.61 Å². The zero-order valence-electron chi connectivity index (χ0n) is 9.10. The van der Waals surface area contributed by atoms with E-state index in [0.29, 0.717) is 5.56 Å². The number of hydrogen-bond acceptors (Lipinski definition) is 3. The third kappa shape index (κ3) is 2.38. The molecule has 0 aromatic heterocycles. The summed E-state index contributed by atoms with van der Waals surface area (Å²) in [6.07, 6.45) is -0.706. The average molecular weight is 274 g/mol. The average Bonchev–Trinajstić information content (AvgIpc) is 2.66. The number of benzene rings is 1. The maximum Gasteiger partial charge on any atom is 0.411 e. The van der Waals surface area contributed by atoms with Gasteiger partial charge in [-0.15, -0.1) is 0 Å². The van der Waals surface area contributed by atoms with Crippen LogP contribution in [0, 0.1) is 5.82 Å². The Bertz CT molecular complexity index is 508. The summed E-state index contributed by atoms with van der Waals surface area (Å²) < 4.78 is 17.6. The van der Waals surface area contributed by atoms with Crippen LogP contribution in [0.4, 0.5) is 9.18 Å². The Morgan fingerprint density at radius 2 is 2.33 bits per heavy atom. The van der Waals surface area contributed by atoms with Gasteiger partial charge in [-0.05, 0) is 17.7 Å². The predicted octanol–water partition coefficient (Wildman–Crippen LogP) is 1.88. The summed E-state index contributed by atoms with van der Waals surface area (Å²) in [5.41, 5.74) is 0.534. The fourth-order valence-corrected chi connectivity index (χ4v) is 1.87. The first kappa shape index (κ1) is 12.6. The summed E-state index contributed by atoms with van der Waals surface area (Å²) in [6.45, 7) is -0.182. The van der Waals surface area contributed by atoms with E-state index >= 15 is 0 Å². The number of aliphatic carboxylic acids is 1. The molecule has 7 heteroatoms. The Morgan fingerprint density at radius 3 is 2.94 bits per heavy atom. The first-order valence-electron chi connectivity index (χ1n) is 5.09. The minimum atomic E-state index is -1.14. The molecule has 1 atom stereocenters. The van der Waals surface area contributed by atoms with E-state index in [1.165, 1.54) is 12.1 Å². The molecular formula is C11H9ClFNO4. The Balaban J connectivity index is 2.18. The second-order valence-corrected chi connectivity index (χ2v) is 4.21. The molecule has 1 fully saturated rings. The topological polar surface area (TPSA) is 66.8 Å². The minimum Gasteiger partial charge on any atom is -0.480 e. The molecule has 96 valence electrons. The lowest BCUT2D eigenvalue weighted by Gasteiger charge is -2.18. The van der Waals surface area contributed by atoms with Crippen LogP contribution in [-0.4, -0.2) is 34.7 Å². The van der Waals surface area contributed by atoms with E-state index in [1.54, 1.807) is 0 Å². The van der Waals surface area contributed by atoms with Gasteiger partial charge in [0.05, 0.1) is 11.6 Å². The third-order valence-electron chi connectivity index (χ3n) is 2.60. The summed E-state index contributed by atoms with van der Waals surface area (Å²) in [5.74, 6) is -1.71. The maximum atomic E-state index is 13.0. The molecule has 0 spiro atoms. The number of carboxylic acids is 1. The standard InChI is InChI=1S/C11H9ClFNO4/c12-7-3-6(1-2-8(7)13)4-14-9(10(15)16)5-18-11(14)17/h1-3,9H,4-5H2,(H,15,16). The van der Waals surface area contributed by atoms with E-state index in [2.05, 4.69) is 4.74 Å². The molecule has 5 nitrogen and oxygen atoms in total. The quantitative estimate of drug-likeness (QED) is 0.913. The van der Waals surface area contributed by atoms with Crippen molar-refractivity contribution in [2.45, 2.75) is 12.6 Å². The van der Waals surface area contributed by atoms with Crippen LogP contribution in [0.25, 0.3) is 0 Å². The molecule has 2 rings (SSSR count). The van der Waals surface area contributed by atoms with Gasteiger partial charge in [-0.25, -0.2) is 14.0 Å². The highest BCUT2D eigenvalue weighted by Crippen LogP contribution is 2.20. The molecule has 1 aliphatic rings. The summed E-state index contributed by atoms with van der Waals surface area (Å²) >= 11 is 5.61. The number of ether oxygens (including phenoxy) is 1. The second kappa shape index (κ2) is 4.81. The molecular weight excluding hydrogens is 265 g/mol. The van der Waals surface area contributed by atoms with Gasteiger partial charge >= 0.3 is 12.1 Å². The summed E-state index contributed by atoms with van der Waals surface area (Å²) in [7, 11) is 0. The van der Waals surface area contributed by atoms with Gasteiger partial charge in [0.15, 0.2) is 6.04 Å². The lowest BCUT2D eigenvalue weighted by molar-refractivity contribution is -0.141. The zero-order valence-corrected chi connectivity index (χ0v) is 9.85. The molecule has 0 bridgehead atoms. The van der Waals surface area contributed by atoms with Gasteiger partial charge in [0.25, 0.3) is 0 Å². The van der Waals surface area contributed by atoms with Gasteiger partial charge in [0.2, 0.25) is 0 Å². The highest BCUT2D eigenvalue weighted by atomic mass is 35.5. The monoisotopic (exact) mass is 273 g/mol. The number of rotatable bonds is 3. The van der Waals surface area contributed by atoms with Crippen LogP contribution in [0.1, 0.15) is 5.56 Å². The molecule has 1 unspecified atom stereocenters. The van der Waals surface area contributed by atoms with Crippen LogP contribution in [0.3, 0.4) is 0 Å². The minimum absolute atomic E-state index is 0.00972. The summed E-state index contributed by atoms with van der Waals surface area (Å²) in [4.78, 5) is 23.3. The molecule has 1 amide bonds. The van der Waals surface area contributed by atoms with E-state index in [0.717, 1.165) is 11.0 Å². The van der Waals surface area contributed by atoms with Crippen molar-refractivity contribution in [2.24, 2.45) is 0 Å². The van der Waals surface area contributed by atoms with Crippen LogP contribution in [0.5, 0.6) is 0 Å². The number of carbonyl (C=O) groups excluding carboxylic acids is 1. The molecule has 1 aromatic rings. The highest BCUT2D eigenvalue weighted by Gasteiger charge is 2.37. The first-order valence-corrected chi connectivity index (χ1v) is 5.47.